The van der Waals surface area contributed by atoms with Crippen LogP contribution in [0.2, 0.25) is 0 Å². The molecule has 0 amide bonds. The van der Waals surface area contributed by atoms with E-state index in [4.69, 9.17) is 5.73 Å². The Labute approximate surface area is 161 Å². The van der Waals surface area contributed by atoms with E-state index in [9.17, 15) is 10.1 Å². The summed E-state index contributed by atoms with van der Waals surface area (Å²) in [5.41, 5.74) is 9.28. The molecule has 1 aromatic rings. The third-order valence-electron chi connectivity index (χ3n) is 7.67. The molecule has 0 spiro atoms. The topological polar surface area (TPSA) is 78.4 Å². The molecule has 4 aliphatic rings. The highest BCUT2D eigenvalue weighted by atomic mass is 16.9. The van der Waals surface area contributed by atoms with Crippen molar-refractivity contribution in [2.24, 2.45) is 29.4 Å². The van der Waals surface area contributed by atoms with Gasteiger partial charge in [0.15, 0.2) is 0 Å². The predicted octanol–water partition coefficient (Wildman–Crippen LogP) is 4.26. The summed E-state index contributed by atoms with van der Waals surface area (Å²) in [7, 11) is 0. The van der Waals surface area contributed by atoms with Crippen molar-refractivity contribution < 1.29 is 9.92 Å². The molecule has 27 heavy (non-hydrogen) atoms. The van der Waals surface area contributed by atoms with Crippen LogP contribution in [-0.2, 0) is 16.7 Å². The Kier molecular flexibility index (Phi) is 5.40. The van der Waals surface area contributed by atoms with Gasteiger partial charge in [0.05, 0.1) is 6.61 Å². The molecular weight excluding hydrogens is 340 g/mol. The van der Waals surface area contributed by atoms with Gasteiger partial charge < -0.3 is 10.6 Å². The van der Waals surface area contributed by atoms with Crippen LogP contribution in [0.15, 0.2) is 24.3 Å². The second-order valence-corrected chi connectivity index (χ2v) is 9.10. The fourth-order valence-corrected chi connectivity index (χ4v) is 6.87. The van der Waals surface area contributed by atoms with Gasteiger partial charge in [0.25, 0.3) is 5.09 Å². The van der Waals surface area contributed by atoms with Gasteiger partial charge in [-0.3, -0.25) is 0 Å². The summed E-state index contributed by atoms with van der Waals surface area (Å²) in [6, 6.07) is 9.18. The van der Waals surface area contributed by atoms with Gasteiger partial charge in [-0.25, -0.2) is 0 Å². The van der Waals surface area contributed by atoms with Crippen LogP contribution in [0, 0.1) is 33.8 Å². The largest absolute Gasteiger partial charge is 0.330 e. The number of aryl methyl sites for hydroxylation is 1. The number of nitrogens with zero attached hydrogens (tertiary/aromatic N) is 1. The molecular formula is C22H32N2O3. The fourth-order valence-electron chi connectivity index (χ4n) is 6.87. The van der Waals surface area contributed by atoms with E-state index in [1.807, 2.05) is 0 Å². The molecule has 0 radical (unpaired) electrons. The number of hydrogen-bond donors (Lipinski definition) is 1. The van der Waals surface area contributed by atoms with Crippen molar-refractivity contribution in [1.82, 2.24) is 0 Å². The zero-order chi connectivity index (χ0) is 18.9. The van der Waals surface area contributed by atoms with Crippen LogP contribution in [0.1, 0.15) is 62.5 Å². The number of hydrogen-bond acceptors (Lipinski definition) is 4. The minimum atomic E-state index is -0.705. The van der Waals surface area contributed by atoms with E-state index >= 15 is 0 Å². The fraction of sp³-hybridized carbons (Fsp3) is 0.727. The maximum Gasteiger partial charge on any atom is 0.294 e. The third kappa shape index (κ3) is 3.58. The second kappa shape index (κ2) is 7.78. The highest BCUT2D eigenvalue weighted by Crippen LogP contribution is 2.64. The van der Waals surface area contributed by atoms with Crippen LogP contribution in [0.5, 0.6) is 0 Å². The molecule has 5 nitrogen and oxygen atoms in total. The predicted molar refractivity (Wildman–Crippen MR) is 105 cm³/mol. The third-order valence-corrected chi connectivity index (χ3v) is 7.67. The van der Waals surface area contributed by atoms with Crippen LogP contribution in [0.4, 0.5) is 0 Å². The Hall–Kier alpha value is -1.62. The van der Waals surface area contributed by atoms with Crippen LogP contribution < -0.4 is 5.73 Å². The maximum absolute atomic E-state index is 10.2. The molecule has 5 rings (SSSR count). The van der Waals surface area contributed by atoms with Gasteiger partial charge in [-0.2, -0.15) is 0 Å². The van der Waals surface area contributed by atoms with E-state index in [1.54, 1.807) is 0 Å². The smallest absolute Gasteiger partial charge is 0.294 e. The molecule has 0 unspecified atom stereocenters. The average Bonchev–Trinajstić information content (AvgIpc) is 2.64. The minimum absolute atomic E-state index is 0.191. The Morgan fingerprint density at radius 2 is 1.81 bits per heavy atom. The lowest BCUT2D eigenvalue weighted by atomic mass is 9.43. The van der Waals surface area contributed by atoms with Gasteiger partial charge in [-0.1, -0.05) is 24.3 Å². The van der Waals surface area contributed by atoms with E-state index in [-0.39, 0.29) is 12.0 Å². The molecule has 0 aromatic heterocycles. The average molecular weight is 373 g/mol. The van der Waals surface area contributed by atoms with Gasteiger partial charge in [0.2, 0.25) is 0 Å². The van der Waals surface area contributed by atoms with Gasteiger partial charge in [-0.15, -0.1) is 10.1 Å². The Morgan fingerprint density at radius 1 is 1.11 bits per heavy atom. The zero-order valence-electron chi connectivity index (χ0n) is 16.1. The first-order valence-corrected chi connectivity index (χ1v) is 10.7. The first kappa shape index (κ1) is 18.7. The van der Waals surface area contributed by atoms with Gasteiger partial charge in [-0.05, 0) is 99.1 Å². The van der Waals surface area contributed by atoms with E-state index in [0.717, 1.165) is 49.5 Å². The van der Waals surface area contributed by atoms with Crippen molar-refractivity contribution in [2.45, 2.75) is 63.2 Å². The first-order valence-electron chi connectivity index (χ1n) is 10.7. The van der Waals surface area contributed by atoms with Crippen LogP contribution in [0.3, 0.4) is 0 Å². The molecule has 4 saturated carbocycles. The molecule has 0 atom stereocenters. The van der Waals surface area contributed by atoms with Crippen molar-refractivity contribution in [2.75, 3.05) is 13.2 Å². The number of nitrogens with two attached hydrogens (primary N) is 1. The molecule has 0 aliphatic heterocycles. The number of unbranched alkanes of at least 4 members (excludes halogenated alkanes) is 1. The standard InChI is InChI=1S/C22H32N2O3/c23-8-7-22(20-12-17-10-18(14-20)15-21(22)13-17)19-6-3-5-16(11-19)4-1-2-9-27-24(25)26/h3,5-6,11,17-18,20-21H,1-2,4,7-10,12-15,23H2. The minimum Gasteiger partial charge on any atom is -0.330 e. The second-order valence-electron chi connectivity index (χ2n) is 9.10. The first-order chi connectivity index (χ1) is 13.1. The summed E-state index contributed by atoms with van der Waals surface area (Å²) in [5.74, 6) is 3.54. The van der Waals surface area contributed by atoms with E-state index in [1.165, 1.54) is 43.2 Å². The molecule has 0 heterocycles. The number of benzene rings is 1. The summed E-state index contributed by atoms with van der Waals surface area (Å²) in [4.78, 5) is 14.7. The summed E-state index contributed by atoms with van der Waals surface area (Å²) in [6.07, 6.45) is 10.8. The SMILES string of the molecule is NCCC1(c2cccc(CCCCO[N+](=O)[O-])c2)C2CC3CC(C2)CC1C3. The highest BCUT2D eigenvalue weighted by Gasteiger charge is 2.57. The number of rotatable bonds is 9. The van der Waals surface area contributed by atoms with Crippen molar-refractivity contribution >= 4 is 0 Å². The zero-order valence-corrected chi connectivity index (χ0v) is 16.1. The quantitative estimate of drug-likeness (QED) is 0.399. The Balaban J connectivity index is 1.50. The van der Waals surface area contributed by atoms with Crippen molar-refractivity contribution in [3.05, 3.63) is 45.5 Å². The summed E-state index contributed by atoms with van der Waals surface area (Å²) >= 11 is 0. The Bertz CT molecular complexity index is 647. The molecule has 148 valence electrons. The molecule has 1 aromatic carbocycles. The van der Waals surface area contributed by atoms with E-state index in [2.05, 4.69) is 29.1 Å². The molecule has 4 bridgehead atoms. The van der Waals surface area contributed by atoms with Gasteiger partial charge in [0, 0.05) is 5.41 Å². The normalized spacial score (nSPS) is 34.0. The summed E-state index contributed by atoms with van der Waals surface area (Å²) < 4.78 is 0. The van der Waals surface area contributed by atoms with Gasteiger partial charge in [0.1, 0.15) is 0 Å². The van der Waals surface area contributed by atoms with Crippen LogP contribution in [-0.4, -0.2) is 18.2 Å². The van der Waals surface area contributed by atoms with Gasteiger partial charge >= 0.3 is 0 Å². The highest BCUT2D eigenvalue weighted by molar-refractivity contribution is 5.34. The van der Waals surface area contributed by atoms with E-state index in [0.29, 0.717) is 6.42 Å². The Morgan fingerprint density at radius 3 is 2.44 bits per heavy atom. The lowest BCUT2D eigenvalue weighted by molar-refractivity contribution is -0.757. The molecule has 4 aliphatic carbocycles. The summed E-state index contributed by atoms with van der Waals surface area (Å²) in [5, 5.41) is 9.54. The maximum atomic E-state index is 10.2. The van der Waals surface area contributed by atoms with E-state index < -0.39 is 5.09 Å². The molecule has 5 heteroatoms. The molecule has 4 fully saturated rings. The molecule has 0 saturated heterocycles. The van der Waals surface area contributed by atoms with Crippen molar-refractivity contribution in [3.63, 3.8) is 0 Å². The van der Waals surface area contributed by atoms with Crippen molar-refractivity contribution in [1.29, 1.82) is 0 Å². The van der Waals surface area contributed by atoms with Crippen molar-refractivity contribution in [3.8, 4) is 0 Å². The van der Waals surface area contributed by atoms with Crippen LogP contribution >= 0.6 is 0 Å². The summed E-state index contributed by atoms with van der Waals surface area (Å²) in [6.45, 7) is 0.960. The molecule has 2 N–H and O–H groups in total. The lowest BCUT2D eigenvalue weighted by Gasteiger charge is -2.62. The lowest BCUT2D eigenvalue weighted by Crippen LogP contribution is -2.56. The monoisotopic (exact) mass is 372 g/mol. The van der Waals surface area contributed by atoms with Crippen LogP contribution in [0.25, 0.3) is 0 Å².